The molecule has 1 saturated carbocycles. The number of hydrogen-bond donors (Lipinski definition) is 1. The zero-order valence-corrected chi connectivity index (χ0v) is 10.7. The van der Waals surface area contributed by atoms with Crippen molar-refractivity contribution in [3.63, 3.8) is 0 Å². The minimum Gasteiger partial charge on any atom is -0.328 e. The maximum atomic E-state index is 5.95. The Morgan fingerprint density at radius 1 is 1.20 bits per heavy atom. The topological polar surface area (TPSA) is 29.3 Å². The van der Waals surface area contributed by atoms with Gasteiger partial charge in [-0.15, -0.1) is 0 Å². The molecule has 0 heterocycles. The van der Waals surface area contributed by atoms with Crippen LogP contribution in [0.25, 0.3) is 0 Å². The quantitative estimate of drug-likeness (QED) is 0.759. The molecule has 0 amide bonds. The van der Waals surface area contributed by atoms with Crippen molar-refractivity contribution < 1.29 is 0 Å². The summed E-state index contributed by atoms with van der Waals surface area (Å²) >= 11 is 0. The Hall–Kier alpha value is -0.0800. The molecule has 1 rings (SSSR count). The predicted octanol–water partition coefficient (Wildman–Crippen LogP) is 2.77. The van der Waals surface area contributed by atoms with E-state index in [2.05, 4.69) is 25.7 Å². The highest BCUT2D eigenvalue weighted by atomic mass is 15.2. The van der Waals surface area contributed by atoms with Crippen molar-refractivity contribution >= 4 is 0 Å². The minimum atomic E-state index is 0.474. The first kappa shape index (κ1) is 13.0. The van der Waals surface area contributed by atoms with E-state index in [9.17, 15) is 0 Å². The molecule has 90 valence electrons. The van der Waals surface area contributed by atoms with Crippen molar-refractivity contribution in [2.75, 3.05) is 6.54 Å². The average molecular weight is 212 g/mol. The van der Waals surface area contributed by atoms with Crippen LogP contribution in [-0.2, 0) is 0 Å². The second kappa shape index (κ2) is 6.49. The largest absolute Gasteiger partial charge is 0.328 e. The van der Waals surface area contributed by atoms with Gasteiger partial charge in [0, 0.05) is 18.1 Å². The van der Waals surface area contributed by atoms with Crippen LogP contribution in [0.4, 0.5) is 0 Å². The number of nitrogens with zero attached hydrogens (tertiary/aromatic N) is 1. The number of rotatable bonds is 5. The fourth-order valence-electron chi connectivity index (χ4n) is 2.95. The van der Waals surface area contributed by atoms with Crippen LogP contribution in [0.3, 0.4) is 0 Å². The van der Waals surface area contributed by atoms with E-state index in [1.807, 2.05) is 0 Å². The maximum Gasteiger partial charge on any atom is 0.00991 e. The summed E-state index contributed by atoms with van der Waals surface area (Å²) < 4.78 is 0. The molecular weight excluding hydrogens is 184 g/mol. The van der Waals surface area contributed by atoms with Crippen LogP contribution in [0.5, 0.6) is 0 Å². The Bertz CT molecular complexity index is 162. The number of hydrogen-bond acceptors (Lipinski definition) is 2. The summed E-state index contributed by atoms with van der Waals surface area (Å²) in [5.74, 6) is 0. The van der Waals surface area contributed by atoms with Crippen LogP contribution in [0, 0.1) is 0 Å². The van der Waals surface area contributed by atoms with Gasteiger partial charge in [-0.05, 0) is 45.6 Å². The van der Waals surface area contributed by atoms with Gasteiger partial charge in [0.15, 0.2) is 0 Å². The van der Waals surface area contributed by atoms with Crippen LogP contribution < -0.4 is 5.73 Å². The molecule has 0 spiro atoms. The molecule has 0 bridgehead atoms. The molecule has 0 radical (unpaired) electrons. The lowest BCUT2D eigenvalue weighted by Crippen LogP contribution is -2.45. The zero-order chi connectivity index (χ0) is 11.3. The summed E-state index contributed by atoms with van der Waals surface area (Å²) in [5.41, 5.74) is 5.95. The van der Waals surface area contributed by atoms with E-state index in [-0.39, 0.29) is 0 Å². The molecule has 2 heteroatoms. The van der Waals surface area contributed by atoms with Crippen molar-refractivity contribution in [2.24, 2.45) is 5.73 Å². The minimum absolute atomic E-state index is 0.474. The summed E-state index contributed by atoms with van der Waals surface area (Å²) in [6, 6.07) is 2.03. The van der Waals surface area contributed by atoms with Crippen LogP contribution >= 0.6 is 0 Å². The maximum absolute atomic E-state index is 5.95. The molecular formula is C13H28N2. The van der Waals surface area contributed by atoms with Crippen LogP contribution in [0.1, 0.15) is 59.3 Å². The van der Waals surface area contributed by atoms with Crippen molar-refractivity contribution in [2.45, 2.75) is 77.4 Å². The van der Waals surface area contributed by atoms with Gasteiger partial charge in [-0.25, -0.2) is 0 Å². The van der Waals surface area contributed by atoms with Crippen LogP contribution in [0.2, 0.25) is 0 Å². The predicted molar refractivity (Wildman–Crippen MR) is 67.0 cm³/mol. The summed E-state index contributed by atoms with van der Waals surface area (Å²) in [7, 11) is 0. The normalized spacial score (nSPS) is 29.4. The van der Waals surface area contributed by atoms with Gasteiger partial charge in [0.1, 0.15) is 0 Å². The van der Waals surface area contributed by atoms with Gasteiger partial charge in [-0.1, -0.05) is 20.3 Å². The zero-order valence-electron chi connectivity index (χ0n) is 10.7. The van der Waals surface area contributed by atoms with Crippen LogP contribution in [-0.4, -0.2) is 29.6 Å². The third-order valence-electron chi connectivity index (χ3n) is 3.85. The summed E-state index contributed by atoms with van der Waals surface area (Å²) in [4.78, 5) is 2.69. The van der Waals surface area contributed by atoms with Gasteiger partial charge in [0.25, 0.3) is 0 Å². The first-order valence-electron chi connectivity index (χ1n) is 6.70. The highest BCUT2D eigenvalue weighted by Crippen LogP contribution is 2.24. The Morgan fingerprint density at radius 2 is 1.80 bits per heavy atom. The van der Waals surface area contributed by atoms with E-state index in [1.165, 1.54) is 45.1 Å². The van der Waals surface area contributed by atoms with E-state index in [0.29, 0.717) is 6.04 Å². The second-order valence-electron chi connectivity index (χ2n) is 5.04. The van der Waals surface area contributed by atoms with Gasteiger partial charge in [-0.2, -0.15) is 0 Å². The summed E-state index contributed by atoms with van der Waals surface area (Å²) in [6.45, 7) is 8.14. The molecule has 0 aromatic carbocycles. The first-order chi connectivity index (χ1) is 7.19. The first-order valence-corrected chi connectivity index (χ1v) is 6.70. The monoisotopic (exact) mass is 212 g/mol. The van der Waals surface area contributed by atoms with E-state index >= 15 is 0 Å². The highest BCUT2D eigenvalue weighted by Gasteiger charge is 2.25. The Labute approximate surface area is 95.2 Å². The Morgan fingerprint density at radius 3 is 2.27 bits per heavy atom. The number of nitrogens with two attached hydrogens (primary N) is 1. The van der Waals surface area contributed by atoms with Gasteiger partial charge in [-0.3, -0.25) is 4.90 Å². The molecule has 0 aromatic heterocycles. The summed E-state index contributed by atoms with van der Waals surface area (Å²) in [6.07, 6.45) is 7.69. The van der Waals surface area contributed by atoms with Gasteiger partial charge >= 0.3 is 0 Å². The lowest BCUT2D eigenvalue weighted by Gasteiger charge is -2.39. The molecule has 2 N–H and O–H groups in total. The molecule has 15 heavy (non-hydrogen) atoms. The molecule has 0 aromatic rings. The van der Waals surface area contributed by atoms with Gasteiger partial charge < -0.3 is 5.73 Å². The Kier molecular flexibility index (Phi) is 5.62. The third-order valence-corrected chi connectivity index (χ3v) is 3.85. The van der Waals surface area contributed by atoms with E-state index in [1.54, 1.807) is 0 Å². The van der Waals surface area contributed by atoms with E-state index in [0.717, 1.165) is 12.1 Å². The molecule has 1 aliphatic carbocycles. The second-order valence-corrected chi connectivity index (χ2v) is 5.04. The third kappa shape index (κ3) is 3.76. The van der Waals surface area contributed by atoms with Crippen molar-refractivity contribution in [1.29, 1.82) is 0 Å². The highest BCUT2D eigenvalue weighted by molar-refractivity contribution is 4.83. The molecule has 0 aliphatic heterocycles. The molecule has 1 fully saturated rings. The van der Waals surface area contributed by atoms with Gasteiger partial charge in [0.2, 0.25) is 0 Å². The lowest BCUT2D eigenvalue weighted by atomic mass is 9.89. The SMILES string of the molecule is CCCC(C)N(CC)C1CCC(N)CC1. The van der Waals surface area contributed by atoms with E-state index in [4.69, 9.17) is 5.73 Å². The lowest BCUT2D eigenvalue weighted by molar-refractivity contribution is 0.109. The summed E-state index contributed by atoms with van der Waals surface area (Å²) in [5, 5.41) is 0. The molecule has 1 atom stereocenters. The molecule has 1 unspecified atom stereocenters. The fraction of sp³-hybridized carbons (Fsp3) is 1.00. The fourth-order valence-corrected chi connectivity index (χ4v) is 2.95. The smallest absolute Gasteiger partial charge is 0.00991 e. The van der Waals surface area contributed by atoms with Gasteiger partial charge in [0.05, 0.1) is 0 Å². The molecule has 1 aliphatic rings. The molecule has 0 saturated heterocycles. The van der Waals surface area contributed by atoms with Crippen molar-refractivity contribution in [3.05, 3.63) is 0 Å². The van der Waals surface area contributed by atoms with Crippen molar-refractivity contribution in [3.8, 4) is 0 Å². The van der Waals surface area contributed by atoms with Crippen molar-refractivity contribution in [1.82, 2.24) is 4.90 Å². The average Bonchev–Trinajstić information content (AvgIpc) is 2.22. The van der Waals surface area contributed by atoms with Crippen LogP contribution in [0.15, 0.2) is 0 Å². The van der Waals surface area contributed by atoms with E-state index < -0.39 is 0 Å². The standard InChI is InChI=1S/C13H28N2/c1-4-6-11(3)15(5-2)13-9-7-12(14)8-10-13/h11-13H,4-10,14H2,1-3H3. The molecule has 2 nitrogen and oxygen atoms in total. The Balaban J connectivity index is 2.43.